The Morgan fingerprint density at radius 1 is 0.922 bits per heavy atom. The zero-order valence-electron chi connectivity index (χ0n) is 36.6. The van der Waals surface area contributed by atoms with E-state index in [9.17, 15) is 24.6 Å². The normalized spacial score (nSPS) is 15.6. The SMILES string of the molecule is Cc1ncsc1-c1ccc(CNC(=O)[C@@H]2C[C@@H](O)CN2C(=O)[C@@H](NC(=O)COCCOCCOCCOCCn2cc(-c3cc(-c4ccccc4O)nnc3N)cn2)C(C)(C)C)cc1. The highest BCUT2D eigenvalue weighted by molar-refractivity contribution is 7.13. The summed E-state index contributed by atoms with van der Waals surface area (Å²) in [5.74, 6) is -0.961. The van der Waals surface area contributed by atoms with E-state index >= 15 is 0 Å². The molecule has 19 heteroatoms. The Morgan fingerprint density at radius 3 is 2.28 bits per heavy atom. The van der Waals surface area contributed by atoms with Crippen LogP contribution in [-0.4, -0.2) is 135 Å². The number of aromatic hydroxyl groups is 1. The summed E-state index contributed by atoms with van der Waals surface area (Å²) in [6.45, 7) is 10.1. The number of aromatic nitrogens is 5. The van der Waals surface area contributed by atoms with Gasteiger partial charge in [-0.25, -0.2) is 4.98 Å². The molecule has 1 aliphatic rings. The predicted octanol–water partition coefficient (Wildman–Crippen LogP) is 3.60. The molecule has 0 spiro atoms. The molecule has 6 N–H and O–H groups in total. The van der Waals surface area contributed by atoms with Crippen molar-refractivity contribution < 1.29 is 43.5 Å². The molecule has 342 valence electrons. The number of nitrogens with one attached hydrogen (secondary N) is 2. The number of nitrogens with zero attached hydrogens (tertiary/aromatic N) is 6. The molecule has 3 aromatic heterocycles. The van der Waals surface area contributed by atoms with Crippen LogP contribution >= 0.6 is 11.3 Å². The first kappa shape index (κ1) is 47.6. The van der Waals surface area contributed by atoms with Crippen LogP contribution in [0.15, 0.2) is 72.5 Å². The van der Waals surface area contributed by atoms with Gasteiger partial charge in [-0.05, 0) is 41.7 Å². The molecule has 1 fully saturated rings. The molecule has 6 rings (SSSR count). The number of hydrogen-bond donors (Lipinski definition) is 5. The van der Waals surface area contributed by atoms with Crippen LogP contribution in [0.1, 0.15) is 38.4 Å². The van der Waals surface area contributed by atoms with Crippen molar-refractivity contribution in [2.75, 3.05) is 65.1 Å². The first-order chi connectivity index (χ1) is 30.8. The van der Waals surface area contributed by atoms with Gasteiger partial charge >= 0.3 is 0 Å². The number of amides is 3. The Bertz CT molecular complexity index is 2310. The molecule has 0 bridgehead atoms. The summed E-state index contributed by atoms with van der Waals surface area (Å²) in [6, 6.07) is 14.7. The molecule has 0 radical (unpaired) electrons. The number of rotatable bonds is 22. The molecule has 1 saturated heterocycles. The van der Waals surface area contributed by atoms with Crippen molar-refractivity contribution in [2.45, 2.75) is 65.4 Å². The van der Waals surface area contributed by atoms with Crippen LogP contribution in [0.5, 0.6) is 5.75 Å². The molecule has 2 aromatic carbocycles. The summed E-state index contributed by atoms with van der Waals surface area (Å²) in [5.41, 5.74) is 12.6. The summed E-state index contributed by atoms with van der Waals surface area (Å²) in [4.78, 5) is 47.0. The van der Waals surface area contributed by atoms with Crippen LogP contribution in [0.25, 0.3) is 32.8 Å². The third-order valence-corrected chi connectivity index (χ3v) is 11.4. The molecule has 0 aliphatic carbocycles. The van der Waals surface area contributed by atoms with Gasteiger partial charge < -0.3 is 50.4 Å². The van der Waals surface area contributed by atoms with Crippen molar-refractivity contribution >= 4 is 34.9 Å². The second-order valence-corrected chi connectivity index (χ2v) is 17.2. The van der Waals surface area contributed by atoms with Gasteiger partial charge in [0.1, 0.15) is 24.4 Å². The maximum atomic E-state index is 13.9. The van der Waals surface area contributed by atoms with E-state index in [1.165, 1.54) is 4.90 Å². The number of β-amino-alcohol motifs (C(OH)–C–C–N with tert-alkyl or cyclic N) is 1. The maximum Gasteiger partial charge on any atom is 0.246 e. The zero-order chi connectivity index (χ0) is 45.6. The second kappa shape index (κ2) is 22.7. The number of nitrogens with two attached hydrogens (primary N) is 1. The lowest BCUT2D eigenvalue weighted by atomic mass is 9.85. The molecule has 3 amide bonds. The topological polar surface area (TPSA) is 238 Å². The quantitative estimate of drug-likeness (QED) is 0.0625. The third kappa shape index (κ3) is 13.1. The summed E-state index contributed by atoms with van der Waals surface area (Å²) in [6.07, 6.45) is 2.75. The summed E-state index contributed by atoms with van der Waals surface area (Å²) in [5, 5.41) is 39.0. The molecule has 0 saturated carbocycles. The van der Waals surface area contributed by atoms with E-state index in [0.29, 0.717) is 56.4 Å². The van der Waals surface area contributed by atoms with Gasteiger partial charge in [-0.2, -0.15) is 5.10 Å². The van der Waals surface area contributed by atoms with Crippen LogP contribution < -0.4 is 16.4 Å². The largest absolute Gasteiger partial charge is 0.507 e. The molecule has 4 heterocycles. The number of para-hydroxylation sites is 1. The third-order valence-electron chi connectivity index (χ3n) is 10.5. The number of aliphatic hydroxyl groups is 1. The number of benzene rings is 2. The molecule has 1 aliphatic heterocycles. The number of aliphatic hydroxyl groups excluding tert-OH is 1. The van der Waals surface area contributed by atoms with E-state index in [1.54, 1.807) is 46.5 Å². The lowest BCUT2D eigenvalue weighted by molar-refractivity contribution is -0.144. The van der Waals surface area contributed by atoms with Gasteiger partial charge in [-0.15, -0.1) is 21.5 Å². The number of anilines is 1. The lowest BCUT2D eigenvalue weighted by Crippen LogP contribution is -2.58. The number of hydrogen-bond acceptors (Lipinski definition) is 15. The van der Waals surface area contributed by atoms with Gasteiger partial charge in [0, 0.05) is 42.4 Å². The van der Waals surface area contributed by atoms with E-state index in [0.717, 1.165) is 27.3 Å². The van der Waals surface area contributed by atoms with E-state index in [2.05, 4.69) is 30.9 Å². The Labute approximate surface area is 376 Å². The number of carbonyl (C=O) groups is 3. The molecule has 5 aromatic rings. The van der Waals surface area contributed by atoms with Crippen molar-refractivity contribution in [2.24, 2.45) is 5.41 Å². The van der Waals surface area contributed by atoms with E-state index < -0.39 is 35.4 Å². The van der Waals surface area contributed by atoms with Crippen molar-refractivity contribution in [1.82, 2.24) is 40.5 Å². The molecule has 64 heavy (non-hydrogen) atoms. The van der Waals surface area contributed by atoms with E-state index in [-0.39, 0.29) is 56.8 Å². The minimum absolute atomic E-state index is 0.0195. The second-order valence-electron chi connectivity index (χ2n) is 16.4. The van der Waals surface area contributed by atoms with Crippen LogP contribution in [0, 0.1) is 12.3 Å². The lowest BCUT2D eigenvalue weighted by Gasteiger charge is -2.35. The molecular weight excluding hydrogens is 843 g/mol. The number of aryl methyl sites for hydroxylation is 1. The average Bonchev–Trinajstić information content (AvgIpc) is 4.03. The predicted molar refractivity (Wildman–Crippen MR) is 240 cm³/mol. The van der Waals surface area contributed by atoms with Crippen molar-refractivity contribution in [1.29, 1.82) is 0 Å². The van der Waals surface area contributed by atoms with Gasteiger partial charge in [0.15, 0.2) is 5.82 Å². The summed E-state index contributed by atoms with van der Waals surface area (Å²) >= 11 is 1.57. The Hall–Kier alpha value is -5.83. The van der Waals surface area contributed by atoms with E-state index in [4.69, 9.17) is 24.7 Å². The van der Waals surface area contributed by atoms with Gasteiger partial charge in [0.2, 0.25) is 17.7 Å². The number of likely N-dealkylation sites (tertiary alicyclic amines) is 1. The van der Waals surface area contributed by atoms with Crippen molar-refractivity contribution in [3.05, 3.63) is 83.8 Å². The summed E-state index contributed by atoms with van der Waals surface area (Å²) < 4.78 is 24.1. The number of thiazole rings is 1. The van der Waals surface area contributed by atoms with Gasteiger partial charge in [0.05, 0.1) is 86.9 Å². The monoisotopic (exact) mass is 899 g/mol. The van der Waals surface area contributed by atoms with E-state index in [1.807, 2.05) is 69.7 Å². The molecule has 0 unspecified atom stereocenters. The maximum absolute atomic E-state index is 13.9. The zero-order valence-corrected chi connectivity index (χ0v) is 37.4. The highest BCUT2D eigenvalue weighted by Gasteiger charge is 2.44. The molecule has 18 nitrogen and oxygen atoms in total. The standard InChI is InChI=1S/C45H57N9O9S/c1-29-40(64-28-48-29)31-11-9-30(10-12-31)23-47-43(58)37-21-33(55)26-54(37)44(59)41(45(2,3)4)50-39(57)27-63-20-19-62-18-17-61-16-15-60-14-13-53-25-32(24-49-53)35-22-36(51-52-42(35)46)34-7-5-6-8-38(34)56/h5-12,22,24-25,28,33,37,41,55-56H,13-21,23,26-27H2,1-4H3,(H2,46,52)(H,47,58)(H,50,57)/t33-,37+,41-/m1/s1. The Kier molecular flexibility index (Phi) is 16.9. The van der Waals surface area contributed by atoms with Crippen LogP contribution in [0.3, 0.4) is 0 Å². The number of carbonyl (C=O) groups excluding carboxylic acids is 3. The fourth-order valence-corrected chi connectivity index (χ4v) is 7.86. The number of phenols is 1. The minimum Gasteiger partial charge on any atom is -0.507 e. The number of nitrogen functional groups attached to an aromatic ring is 1. The first-order valence-corrected chi connectivity index (χ1v) is 22.0. The van der Waals surface area contributed by atoms with Crippen molar-refractivity contribution in [3.8, 4) is 38.6 Å². The number of phenolic OH excluding ortho intramolecular Hbond substituents is 1. The summed E-state index contributed by atoms with van der Waals surface area (Å²) in [7, 11) is 0. The molecule has 3 atom stereocenters. The first-order valence-electron chi connectivity index (χ1n) is 21.1. The number of ether oxygens (including phenoxy) is 4. The fraction of sp³-hybridized carbons (Fsp3) is 0.444. The smallest absolute Gasteiger partial charge is 0.246 e. The Balaban J connectivity index is 0.825. The Morgan fingerprint density at radius 2 is 1.61 bits per heavy atom. The van der Waals surface area contributed by atoms with Crippen LogP contribution in [0.2, 0.25) is 0 Å². The van der Waals surface area contributed by atoms with Gasteiger partial charge in [-0.3, -0.25) is 19.1 Å². The highest BCUT2D eigenvalue weighted by atomic mass is 32.1. The van der Waals surface area contributed by atoms with Crippen LogP contribution in [-0.2, 0) is 46.4 Å². The van der Waals surface area contributed by atoms with Gasteiger partial charge in [-0.1, -0.05) is 57.2 Å². The van der Waals surface area contributed by atoms with Crippen molar-refractivity contribution in [3.63, 3.8) is 0 Å². The minimum atomic E-state index is -0.968. The average molecular weight is 900 g/mol. The van der Waals surface area contributed by atoms with Crippen LogP contribution in [0.4, 0.5) is 5.82 Å². The molecular formula is C45H57N9O9S. The fourth-order valence-electron chi connectivity index (χ4n) is 7.04. The van der Waals surface area contributed by atoms with Gasteiger partial charge in [0.25, 0.3) is 0 Å². The highest BCUT2D eigenvalue weighted by Crippen LogP contribution is 2.32.